The number of nitrogens with two attached hydrogens (primary N) is 1. The van der Waals surface area contributed by atoms with Gasteiger partial charge in [-0.1, -0.05) is 18.2 Å². The Morgan fingerprint density at radius 2 is 1.79 bits per heavy atom. The third kappa shape index (κ3) is 3.57. The van der Waals surface area contributed by atoms with Crippen LogP contribution < -0.4 is 16.4 Å². The third-order valence-corrected chi connectivity index (χ3v) is 5.45. The third-order valence-electron chi connectivity index (χ3n) is 5.45. The number of halogens is 1. The lowest BCUT2D eigenvalue weighted by molar-refractivity contribution is -0.129. The van der Waals surface area contributed by atoms with E-state index in [1.54, 1.807) is 0 Å². The summed E-state index contributed by atoms with van der Waals surface area (Å²) in [6.45, 7) is 3.90. The van der Waals surface area contributed by atoms with Crippen molar-refractivity contribution in [1.29, 1.82) is 0 Å². The van der Waals surface area contributed by atoms with Crippen LogP contribution in [0.3, 0.4) is 0 Å². The van der Waals surface area contributed by atoms with Gasteiger partial charge >= 0.3 is 0 Å². The highest BCUT2D eigenvalue weighted by atomic mass is 35.5. The molecular formula is C18H26ClN3O2. The molecule has 0 spiro atoms. The van der Waals surface area contributed by atoms with Gasteiger partial charge < -0.3 is 16.4 Å². The zero-order valence-electron chi connectivity index (χ0n) is 14.2. The molecule has 2 bridgehead atoms. The van der Waals surface area contributed by atoms with E-state index in [1.165, 1.54) is 0 Å². The summed E-state index contributed by atoms with van der Waals surface area (Å²) in [6, 6.07) is 5.82. The number of nitrogens with one attached hydrogen (secondary N) is 2. The highest BCUT2D eigenvalue weighted by Gasteiger charge is 2.48. The molecule has 0 saturated heterocycles. The van der Waals surface area contributed by atoms with E-state index >= 15 is 0 Å². The quantitative estimate of drug-likeness (QED) is 0.777. The standard InChI is InChI=1S/C18H25N3O2.ClH/c1-10-4-3-5-11(2)17(10)21-14(22)9-20-18(23)15-12-6-7-13(8-12)16(15)19;/h3-5,12-13,15-16H,6-9,19H2,1-2H3,(H,20,23)(H,21,22);1H. The number of aryl methyl sites for hydroxylation is 2. The van der Waals surface area contributed by atoms with E-state index < -0.39 is 0 Å². The minimum absolute atomic E-state index is 0. The normalized spacial score (nSPS) is 27.5. The molecule has 2 fully saturated rings. The first-order chi connectivity index (χ1) is 11.0. The number of amides is 2. The lowest BCUT2D eigenvalue weighted by Gasteiger charge is -2.26. The van der Waals surface area contributed by atoms with Gasteiger partial charge in [0.05, 0.1) is 12.5 Å². The number of carbonyl (C=O) groups is 2. The van der Waals surface area contributed by atoms with Crippen molar-refractivity contribution in [3.8, 4) is 0 Å². The number of para-hydroxylation sites is 1. The summed E-state index contributed by atoms with van der Waals surface area (Å²) in [5.41, 5.74) is 9.02. The first-order valence-corrected chi connectivity index (χ1v) is 8.36. The molecule has 5 nitrogen and oxygen atoms in total. The molecule has 4 unspecified atom stereocenters. The van der Waals surface area contributed by atoms with Crippen LogP contribution in [0.2, 0.25) is 0 Å². The topological polar surface area (TPSA) is 84.2 Å². The molecule has 0 heterocycles. The van der Waals surface area contributed by atoms with Crippen molar-refractivity contribution in [3.63, 3.8) is 0 Å². The smallest absolute Gasteiger partial charge is 0.243 e. The second-order valence-corrected chi connectivity index (χ2v) is 6.97. The second-order valence-electron chi connectivity index (χ2n) is 6.97. The Labute approximate surface area is 149 Å². The maximum atomic E-state index is 12.4. The van der Waals surface area contributed by atoms with Crippen molar-refractivity contribution in [2.24, 2.45) is 23.5 Å². The first kappa shape index (κ1) is 18.7. The maximum Gasteiger partial charge on any atom is 0.243 e. The summed E-state index contributed by atoms with van der Waals surface area (Å²) in [4.78, 5) is 24.5. The minimum atomic E-state index is -0.201. The second kappa shape index (κ2) is 7.53. The number of benzene rings is 1. The zero-order valence-corrected chi connectivity index (χ0v) is 15.0. The van der Waals surface area contributed by atoms with E-state index in [1.807, 2.05) is 32.0 Å². The first-order valence-electron chi connectivity index (χ1n) is 8.36. The van der Waals surface area contributed by atoms with Crippen molar-refractivity contribution in [2.75, 3.05) is 11.9 Å². The van der Waals surface area contributed by atoms with Crippen LogP contribution >= 0.6 is 12.4 Å². The van der Waals surface area contributed by atoms with Crippen LogP contribution in [0.15, 0.2) is 18.2 Å². The fraction of sp³-hybridized carbons (Fsp3) is 0.556. The van der Waals surface area contributed by atoms with Gasteiger partial charge in [-0.25, -0.2) is 0 Å². The molecule has 2 saturated carbocycles. The molecular weight excluding hydrogens is 326 g/mol. The van der Waals surface area contributed by atoms with E-state index in [2.05, 4.69) is 10.6 Å². The van der Waals surface area contributed by atoms with Crippen molar-refractivity contribution in [2.45, 2.75) is 39.2 Å². The molecule has 1 aromatic carbocycles. The van der Waals surface area contributed by atoms with Crippen molar-refractivity contribution in [1.82, 2.24) is 5.32 Å². The summed E-state index contributed by atoms with van der Waals surface area (Å²) >= 11 is 0. The highest BCUT2D eigenvalue weighted by Crippen LogP contribution is 2.47. The summed E-state index contributed by atoms with van der Waals surface area (Å²) in [7, 11) is 0. The predicted molar refractivity (Wildman–Crippen MR) is 97.1 cm³/mol. The molecule has 2 amide bonds. The number of hydrogen-bond donors (Lipinski definition) is 3. The van der Waals surface area contributed by atoms with E-state index in [-0.39, 0.29) is 42.7 Å². The van der Waals surface area contributed by atoms with Crippen LogP contribution in [-0.2, 0) is 9.59 Å². The molecule has 6 heteroatoms. The molecule has 132 valence electrons. The van der Waals surface area contributed by atoms with Gasteiger partial charge in [0.25, 0.3) is 0 Å². The summed E-state index contributed by atoms with van der Waals surface area (Å²) in [5, 5.41) is 5.65. The average molecular weight is 352 g/mol. The Morgan fingerprint density at radius 1 is 1.17 bits per heavy atom. The van der Waals surface area contributed by atoms with Crippen LogP contribution in [-0.4, -0.2) is 24.4 Å². The fourth-order valence-electron chi connectivity index (χ4n) is 4.21. The molecule has 4 N–H and O–H groups in total. The molecule has 4 atom stereocenters. The van der Waals surface area contributed by atoms with Gasteiger partial charge in [0, 0.05) is 11.7 Å². The fourth-order valence-corrected chi connectivity index (χ4v) is 4.21. The predicted octanol–water partition coefficient (Wildman–Crippen LogP) is 2.15. The van der Waals surface area contributed by atoms with Crippen LogP contribution in [0, 0.1) is 31.6 Å². The number of fused-ring (bicyclic) bond motifs is 2. The van der Waals surface area contributed by atoms with Gasteiger partial charge in [-0.05, 0) is 56.1 Å². The van der Waals surface area contributed by atoms with Gasteiger partial charge in [-0.3, -0.25) is 9.59 Å². The summed E-state index contributed by atoms with van der Waals surface area (Å²) in [6.07, 6.45) is 3.29. The number of hydrogen-bond acceptors (Lipinski definition) is 3. The van der Waals surface area contributed by atoms with Gasteiger partial charge in [-0.15, -0.1) is 12.4 Å². The lowest BCUT2D eigenvalue weighted by atomic mass is 9.84. The molecule has 2 aliphatic rings. The van der Waals surface area contributed by atoms with Crippen molar-refractivity contribution in [3.05, 3.63) is 29.3 Å². The zero-order chi connectivity index (χ0) is 16.6. The molecule has 0 aromatic heterocycles. The molecule has 0 radical (unpaired) electrons. The highest BCUT2D eigenvalue weighted by molar-refractivity contribution is 5.96. The van der Waals surface area contributed by atoms with E-state index in [0.29, 0.717) is 11.8 Å². The Balaban J connectivity index is 0.00000208. The molecule has 3 rings (SSSR count). The van der Waals surface area contributed by atoms with Gasteiger partial charge in [0.15, 0.2) is 0 Å². The van der Waals surface area contributed by atoms with Gasteiger partial charge in [-0.2, -0.15) is 0 Å². The monoisotopic (exact) mass is 351 g/mol. The number of carbonyl (C=O) groups excluding carboxylic acids is 2. The van der Waals surface area contributed by atoms with E-state index in [0.717, 1.165) is 36.1 Å². The molecule has 0 aliphatic heterocycles. The molecule has 24 heavy (non-hydrogen) atoms. The van der Waals surface area contributed by atoms with Gasteiger partial charge in [0.2, 0.25) is 11.8 Å². The van der Waals surface area contributed by atoms with Crippen LogP contribution in [0.1, 0.15) is 30.4 Å². The average Bonchev–Trinajstić information content (AvgIpc) is 3.09. The minimum Gasteiger partial charge on any atom is -0.347 e. The largest absolute Gasteiger partial charge is 0.347 e. The SMILES string of the molecule is Cc1cccc(C)c1NC(=O)CNC(=O)C1C2CCC(C2)C1N.Cl. The Bertz CT molecular complexity index is 612. The van der Waals surface area contributed by atoms with Crippen LogP contribution in [0.25, 0.3) is 0 Å². The van der Waals surface area contributed by atoms with E-state index in [9.17, 15) is 9.59 Å². The van der Waals surface area contributed by atoms with Gasteiger partial charge in [0.1, 0.15) is 0 Å². The summed E-state index contributed by atoms with van der Waals surface area (Å²) < 4.78 is 0. The van der Waals surface area contributed by atoms with E-state index in [4.69, 9.17) is 5.73 Å². The van der Waals surface area contributed by atoms with Crippen LogP contribution in [0.4, 0.5) is 5.69 Å². The Hall–Kier alpha value is -1.59. The Morgan fingerprint density at radius 3 is 2.38 bits per heavy atom. The van der Waals surface area contributed by atoms with Crippen LogP contribution in [0.5, 0.6) is 0 Å². The number of rotatable bonds is 4. The van der Waals surface area contributed by atoms with Crippen molar-refractivity contribution < 1.29 is 9.59 Å². The maximum absolute atomic E-state index is 12.4. The van der Waals surface area contributed by atoms with Crippen molar-refractivity contribution >= 4 is 29.9 Å². The molecule has 1 aromatic rings. The summed E-state index contributed by atoms with van der Waals surface area (Å²) in [5.74, 6) is 0.492. The number of anilines is 1. The lowest BCUT2D eigenvalue weighted by Crippen LogP contribution is -2.46. The Kier molecular flexibility index (Phi) is 5.88. The molecule has 2 aliphatic carbocycles.